The summed E-state index contributed by atoms with van der Waals surface area (Å²) in [5.41, 5.74) is 1.04. The molecule has 3 rings (SSSR count). The summed E-state index contributed by atoms with van der Waals surface area (Å²) in [6.45, 7) is 1.59. The highest BCUT2D eigenvalue weighted by molar-refractivity contribution is 5.79. The van der Waals surface area contributed by atoms with Gasteiger partial charge in [0.05, 0.1) is 11.5 Å². The van der Waals surface area contributed by atoms with E-state index in [4.69, 9.17) is 0 Å². The molecular weight excluding hydrogens is 312 g/mol. The summed E-state index contributed by atoms with van der Waals surface area (Å²) in [5, 5.41) is 9.24. The van der Waals surface area contributed by atoms with Crippen molar-refractivity contribution in [3.05, 3.63) is 57.3 Å². The van der Waals surface area contributed by atoms with Crippen LogP contribution in [-0.4, -0.2) is 29.6 Å². The molecule has 0 fully saturated rings. The number of carboxylic acids is 1. The van der Waals surface area contributed by atoms with Gasteiger partial charge in [0.15, 0.2) is 0 Å². The summed E-state index contributed by atoms with van der Waals surface area (Å²) in [6, 6.07) is 3.33. The predicted molar refractivity (Wildman–Crippen MR) is 87.2 cm³/mol. The number of carboxylic acid groups (broad SMARTS) is 1. The van der Waals surface area contributed by atoms with Gasteiger partial charge in [-0.1, -0.05) is 0 Å². The molecule has 0 saturated heterocycles. The summed E-state index contributed by atoms with van der Waals surface area (Å²) >= 11 is 0. The van der Waals surface area contributed by atoms with Gasteiger partial charge in [0.2, 0.25) is 0 Å². The molecule has 3 aromatic heterocycles. The second-order valence-electron chi connectivity index (χ2n) is 5.65. The predicted octanol–water partition coefficient (Wildman–Crippen LogP) is 0.587. The lowest BCUT2D eigenvalue weighted by atomic mass is 10.0. The van der Waals surface area contributed by atoms with Crippen LogP contribution in [0, 0.1) is 0 Å². The maximum atomic E-state index is 12.5. The number of hydrogen-bond acceptors (Lipinski definition) is 4. The SMILES string of the molecule is CC(C(=O)O)c1ccc(-c2cn(C)c(=O)n(C)c2=O)c2nccn12. The van der Waals surface area contributed by atoms with E-state index in [0.717, 1.165) is 4.57 Å². The Morgan fingerprint density at radius 3 is 2.58 bits per heavy atom. The summed E-state index contributed by atoms with van der Waals surface area (Å²) in [7, 11) is 2.98. The van der Waals surface area contributed by atoms with E-state index in [9.17, 15) is 19.5 Å². The molecule has 0 aliphatic heterocycles. The topological polar surface area (TPSA) is 98.6 Å². The van der Waals surface area contributed by atoms with E-state index in [0.29, 0.717) is 22.5 Å². The van der Waals surface area contributed by atoms with Crippen molar-refractivity contribution in [3.63, 3.8) is 0 Å². The fraction of sp³-hybridized carbons (Fsp3) is 0.250. The van der Waals surface area contributed by atoms with E-state index in [-0.39, 0.29) is 0 Å². The van der Waals surface area contributed by atoms with Crippen molar-refractivity contribution in [2.45, 2.75) is 12.8 Å². The van der Waals surface area contributed by atoms with Gasteiger partial charge in [0, 0.05) is 43.9 Å². The number of imidazole rings is 1. The molecule has 0 aliphatic rings. The second-order valence-corrected chi connectivity index (χ2v) is 5.65. The van der Waals surface area contributed by atoms with Crippen LogP contribution in [0.25, 0.3) is 16.8 Å². The lowest BCUT2D eigenvalue weighted by Crippen LogP contribution is -2.37. The van der Waals surface area contributed by atoms with E-state index in [1.54, 1.807) is 42.9 Å². The monoisotopic (exact) mass is 328 g/mol. The molecule has 0 saturated carbocycles. The lowest BCUT2D eigenvalue weighted by Gasteiger charge is -2.13. The first kappa shape index (κ1) is 15.7. The molecule has 0 aliphatic carbocycles. The van der Waals surface area contributed by atoms with E-state index < -0.39 is 23.1 Å². The number of nitrogens with zero attached hydrogens (tertiary/aromatic N) is 4. The fourth-order valence-corrected chi connectivity index (χ4v) is 2.72. The van der Waals surface area contributed by atoms with Crippen LogP contribution < -0.4 is 11.2 Å². The number of aliphatic carboxylic acids is 1. The van der Waals surface area contributed by atoms with Gasteiger partial charge in [-0.15, -0.1) is 0 Å². The van der Waals surface area contributed by atoms with Crippen molar-refractivity contribution in [3.8, 4) is 11.1 Å². The molecule has 3 heterocycles. The van der Waals surface area contributed by atoms with Gasteiger partial charge < -0.3 is 14.1 Å². The van der Waals surface area contributed by atoms with Gasteiger partial charge in [-0.3, -0.25) is 14.2 Å². The van der Waals surface area contributed by atoms with Crippen LogP contribution in [-0.2, 0) is 18.9 Å². The second kappa shape index (κ2) is 5.48. The molecule has 124 valence electrons. The molecule has 8 nitrogen and oxygen atoms in total. The third-order valence-corrected chi connectivity index (χ3v) is 4.13. The Balaban J connectivity index is 2.33. The largest absolute Gasteiger partial charge is 0.481 e. The van der Waals surface area contributed by atoms with Crippen molar-refractivity contribution in [1.29, 1.82) is 0 Å². The first-order chi connectivity index (χ1) is 11.3. The third kappa shape index (κ3) is 2.23. The van der Waals surface area contributed by atoms with Gasteiger partial charge in [0.1, 0.15) is 5.65 Å². The molecular formula is C16H16N4O4. The minimum atomic E-state index is -0.948. The molecule has 24 heavy (non-hydrogen) atoms. The average molecular weight is 328 g/mol. The minimum Gasteiger partial charge on any atom is -0.481 e. The van der Waals surface area contributed by atoms with Crippen molar-refractivity contribution in [2.24, 2.45) is 14.1 Å². The maximum absolute atomic E-state index is 12.5. The van der Waals surface area contributed by atoms with Gasteiger partial charge in [0.25, 0.3) is 5.56 Å². The molecule has 3 aromatic rings. The number of pyridine rings is 1. The Morgan fingerprint density at radius 1 is 1.21 bits per heavy atom. The normalized spacial score (nSPS) is 12.5. The molecule has 0 bridgehead atoms. The molecule has 1 unspecified atom stereocenters. The Labute approximate surface area is 136 Å². The molecule has 1 N–H and O–H groups in total. The maximum Gasteiger partial charge on any atom is 0.330 e. The van der Waals surface area contributed by atoms with E-state index >= 15 is 0 Å². The van der Waals surface area contributed by atoms with Gasteiger partial charge in [-0.2, -0.15) is 0 Å². The summed E-state index contributed by atoms with van der Waals surface area (Å²) in [5.74, 6) is -1.67. The van der Waals surface area contributed by atoms with Crippen molar-refractivity contribution < 1.29 is 9.90 Å². The fourth-order valence-electron chi connectivity index (χ4n) is 2.72. The number of fused-ring (bicyclic) bond motifs is 1. The Hall–Kier alpha value is -3.16. The van der Waals surface area contributed by atoms with Crippen LogP contribution in [0.5, 0.6) is 0 Å². The number of aromatic nitrogens is 4. The van der Waals surface area contributed by atoms with Crippen LogP contribution in [0.2, 0.25) is 0 Å². The van der Waals surface area contributed by atoms with Crippen LogP contribution in [0.3, 0.4) is 0 Å². The standard InChI is InChI=1S/C16H16N4O4/c1-9(15(22)23)12-5-4-10(13-17-6-7-20(12)13)11-8-18(2)16(24)19(3)14(11)21/h4-9H,1-3H3,(H,22,23). The zero-order valence-corrected chi connectivity index (χ0v) is 13.4. The summed E-state index contributed by atoms with van der Waals surface area (Å²) in [6.07, 6.45) is 4.67. The average Bonchev–Trinajstić information content (AvgIpc) is 3.04. The smallest absolute Gasteiger partial charge is 0.330 e. The zero-order chi connectivity index (χ0) is 17.6. The third-order valence-electron chi connectivity index (χ3n) is 4.13. The van der Waals surface area contributed by atoms with Crippen LogP contribution in [0.1, 0.15) is 18.5 Å². The molecule has 8 heteroatoms. The van der Waals surface area contributed by atoms with Crippen molar-refractivity contribution in [2.75, 3.05) is 0 Å². The van der Waals surface area contributed by atoms with Crippen LogP contribution in [0.15, 0.2) is 40.3 Å². The van der Waals surface area contributed by atoms with Crippen molar-refractivity contribution >= 4 is 11.6 Å². The molecule has 1 atom stereocenters. The zero-order valence-electron chi connectivity index (χ0n) is 13.4. The summed E-state index contributed by atoms with van der Waals surface area (Å²) < 4.78 is 4.01. The molecule has 0 aromatic carbocycles. The van der Waals surface area contributed by atoms with Gasteiger partial charge in [-0.25, -0.2) is 9.78 Å². The number of aryl methyl sites for hydroxylation is 1. The van der Waals surface area contributed by atoms with Crippen LogP contribution in [0.4, 0.5) is 0 Å². The Bertz CT molecular complexity index is 1070. The van der Waals surface area contributed by atoms with E-state index in [2.05, 4.69) is 4.98 Å². The highest BCUT2D eigenvalue weighted by Crippen LogP contribution is 2.25. The molecule has 0 amide bonds. The number of rotatable bonds is 3. The van der Waals surface area contributed by atoms with E-state index in [1.165, 1.54) is 17.8 Å². The molecule has 0 radical (unpaired) electrons. The number of carbonyl (C=O) groups is 1. The van der Waals surface area contributed by atoms with E-state index in [1.807, 2.05) is 0 Å². The highest BCUT2D eigenvalue weighted by atomic mass is 16.4. The van der Waals surface area contributed by atoms with Crippen LogP contribution >= 0.6 is 0 Å². The number of hydrogen-bond donors (Lipinski definition) is 1. The first-order valence-electron chi connectivity index (χ1n) is 7.28. The highest BCUT2D eigenvalue weighted by Gasteiger charge is 2.20. The quantitative estimate of drug-likeness (QED) is 0.758. The Kier molecular flexibility index (Phi) is 3.59. The summed E-state index contributed by atoms with van der Waals surface area (Å²) in [4.78, 5) is 39.8. The lowest BCUT2D eigenvalue weighted by molar-refractivity contribution is -0.138. The van der Waals surface area contributed by atoms with Gasteiger partial charge in [-0.05, 0) is 19.1 Å². The Morgan fingerprint density at radius 2 is 1.92 bits per heavy atom. The van der Waals surface area contributed by atoms with Gasteiger partial charge >= 0.3 is 11.7 Å². The van der Waals surface area contributed by atoms with Crippen molar-refractivity contribution in [1.82, 2.24) is 18.5 Å². The molecule has 0 spiro atoms. The first-order valence-corrected chi connectivity index (χ1v) is 7.28. The minimum absolute atomic E-state index is 0.324.